The molecule has 0 spiro atoms. The molecular formula is C24H26ClF4N3O5S2. The number of alkyl halides is 4. The lowest BCUT2D eigenvalue weighted by molar-refractivity contribution is -0.141. The second-order valence-corrected chi connectivity index (χ2v) is 13.5. The van der Waals surface area contributed by atoms with Crippen LogP contribution in [0.2, 0.25) is 5.02 Å². The van der Waals surface area contributed by atoms with E-state index in [2.05, 4.69) is 10.3 Å². The summed E-state index contributed by atoms with van der Waals surface area (Å²) >= 11 is 6.18. The van der Waals surface area contributed by atoms with Gasteiger partial charge in [-0.25, -0.2) is 21.2 Å². The van der Waals surface area contributed by atoms with Crippen LogP contribution in [0.25, 0.3) is 11.1 Å². The third-order valence-corrected chi connectivity index (χ3v) is 9.15. The third-order valence-electron chi connectivity index (χ3n) is 6.13. The van der Waals surface area contributed by atoms with Gasteiger partial charge in [-0.1, -0.05) is 35.9 Å². The number of aromatic nitrogens is 1. The van der Waals surface area contributed by atoms with Crippen molar-refractivity contribution in [1.29, 1.82) is 0 Å². The van der Waals surface area contributed by atoms with Crippen molar-refractivity contribution in [2.24, 2.45) is 0 Å². The van der Waals surface area contributed by atoms with E-state index in [-0.39, 0.29) is 16.1 Å². The molecule has 1 aromatic carbocycles. The summed E-state index contributed by atoms with van der Waals surface area (Å²) in [6, 6.07) is 4.48. The first-order chi connectivity index (χ1) is 17.8. The number of piperidine rings is 1. The van der Waals surface area contributed by atoms with Crippen molar-refractivity contribution in [2.45, 2.75) is 55.5 Å². The Bertz CT molecular complexity index is 1500. The van der Waals surface area contributed by atoms with Crippen LogP contribution in [0.1, 0.15) is 32.4 Å². The number of sulfone groups is 1. The van der Waals surface area contributed by atoms with Gasteiger partial charge >= 0.3 is 6.18 Å². The molecule has 3 rings (SSSR count). The summed E-state index contributed by atoms with van der Waals surface area (Å²) in [6.45, 7) is 2.36. The normalized spacial score (nSPS) is 22.1. The zero-order valence-electron chi connectivity index (χ0n) is 21.0. The number of hydrogen-bond acceptors (Lipinski definition) is 6. The molecule has 2 heterocycles. The Morgan fingerprint density at radius 1 is 1.23 bits per heavy atom. The van der Waals surface area contributed by atoms with Crippen LogP contribution < -0.4 is 5.32 Å². The number of nitrogens with one attached hydrogen (secondary N) is 1. The molecular weight excluding hydrogens is 586 g/mol. The number of hydrogen-bond donors (Lipinski definition) is 1. The van der Waals surface area contributed by atoms with Crippen LogP contribution in [0.15, 0.2) is 52.9 Å². The topological polar surface area (TPSA) is 114 Å². The molecule has 2 aromatic rings. The van der Waals surface area contributed by atoms with Crippen LogP contribution >= 0.6 is 11.6 Å². The summed E-state index contributed by atoms with van der Waals surface area (Å²) < 4.78 is 107. The van der Waals surface area contributed by atoms with Crippen molar-refractivity contribution < 1.29 is 39.2 Å². The molecule has 1 amide bonds. The first-order valence-electron chi connectivity index (χ1n) is 11.6. The van der Waals surface area contributed by atoms with Crippen LogP contribution in [0.3, 0.4) is 0 Å². The lowest BCUT2D eigenvalue weighted by Gasteiger charge is -2.39. The molecule has 1 saturated heterocycles. The minimum atomic E-state index is -4.86. The minimum absolute atomic E-state index is 0.0125. The second kappa shape index (κ2) is 11.1. The Labute approximate surface area is 229 Å². The highest BCUT2D eigenvalue weighted by Gasteiger charge is 2.48. The third kappa shape index (κ3) is 7.16. The SMILES string of the molecule is C[C@H](/C=C\S(C)(=O)=O)NC(=O)[C@]1(F)CCN(S(=O)(=O)c2cnc(C(F)(F)F)cc2-c2ccccc2Cl)[C@H](C)C1. The predicted octanol–water partition coefficient (Wildman–Crippen LogP) is 4.37. The van der Waals surface area contributed by atoms with Gasteiger partial charge in [-0.2, -0.15) is 17.5 Å². The monoisotopic (exact) mass is 611 g/mol. The van der Waals surface area contributed by atoms with Gasteiger partial charge in [-0.05, 0) is 26.0 Å². The van der Waals surface area contributed by atoms with E-state index in [9.17, 15) is 34.8 Å². The zero-order chi connectivity index (χ0) is 29.4. The molecule has 0 unspecified atom stereocenters. The Hall–Kier alpha value is -2.55. The van der Waals surface area contributed by atoms with E-state index >= 15 is 4.39 Å². The van der Waals surface area contributed by atoms with Crippen LogP contribution in [0.4, 0.5) is 17.6 Å². The highest BCUT2D eigenvalue weighted by molar-refractivity contribution is 7.93. The largest absolute Gasteiger partial charge is 0.433 e. The van der Waals surface area contributed by atoms with Gasteiger partial charge in [0.15, 0.2) is 15.5 Å². The van der Waals surface area contributed by atoms with Gasteiger partial charge in [0, 0.05) is 65.5 Å². The molecule has 1 N–H and O–H groups in total. The summed E-state index contributed by atoms with van der Waals surface area (Å²) in [6.07, 6.45) is -3.21. The molecule has 0 radical (unpaired) electrons. The molecule has 0 bridgehead atoms. The summed E-state index contributed by atoms with van der Waals surface area (Å²) in [4.78, 5) is 15.4. The maximum absolute atomic E-state index is 15.7. The minimum Gasteiger partial charge on any atom is -0.347 e. The molecule has 214 valence electrons. The summed E-state index contributed by atoms with van der Waals surface area (Å²) in [5, 5.41) is 3.24. The Balaban J connectivity index is 1.92. The maximum Gasteiger partial charge on any atom is 0.433 e. The number of benzene rings is 1. The highest BCUT2D eigenvalue weighted by atomic mass is 35.5. The van der Waals surface area contributed by atoms with Gasteiger partial charge in [0.2, 0.25) is 10.0 Å². The van der Waals surface area contributed by atoms with Crippen LogP contribution in [0, 0.1) is 0 Å². The predicted molar refractivity (Wildman–Crippen MR) is 138 cm³/mol. The maximum atomic E-state index is 15.7. The molecule has 0 aliphatic carbocycles. The Morgan fingerprint density at radius 2 is 1.87 bits per heavy atom. The van der Waals surface area contributed by atoms with Gasteiger partial charge in [0.1, 0.15) is 10.6 Å². The molecule has 15 heteroatoms. The van der Waals surface area contributed by atoms with Gasteiger partial charge < -0.3 is 5.32 Å². The first kappa shape index (κ1) is 31.0. The standard InChI is InChI=1S/C24H26ClF4N3O5S2/c1-15(8-11-38(3,34)35)31-22(33)23(26)9-10-32(16(2)13-23)39(36,37)20-14-30-21(24(27,28)29)12-18(20)17-6-4-5-7-19(17)25/h4-8,11-12,14-16H,9-10,13H2,1-3H3,(H,31,33)/b11-8-/t15-,16-,23+/m1/s1. The number of halogens is 5. The molecule has 39 heavy (non-hydrogen) atoms. The van der Waals surface area contributed by atoms with E-state index in [4.69, 9.17) is 11.6 Å². The van der Waals surface area contributed by atoms with Crippen LogP contribution in [-0.4, -0.2) is 62.6 Å². The number of amides is 1. The van der Waals surface area contributed by atoms with E-state index in [1.807, 2.05) is 0 Å². The van der Waals surface area contributed by atoms with E-state index in [0.29, 0.717) is 12.3 Å². The fourth-order valence-electron chi connectivity index (χ4n) is 4.21. The summed E-state index contributed by atoms with van der Waals surface area (Å²) in [7, 11) is -7.99. The van der Waals surface area contributed by atoms with E-state index in [1.165, 1.54) is 44.2 Å². The number of carbonyl (C=O) groups is 1. The number of nitrogens with zero attached hydrogens (tertiary/aromatic N) is 2. The first-order valence-corrected chi connectivity index (χ1v) is 15.3. The number of rotatable bonds is 7. The van der Waals surface area contributed by atoms with E-state index < -0.39 is 79.7 Å². The van der Waals surface area contributed by atoms with Crippen molar-refractivity contribution in [3.63, 3.8) is 0 Å². The molecule has 0 saturated carbocycles. The molecule has 3 atom stereocenters. The van der Waals surface area contributed by atoms with Crippen molar-refractivity contribution in [2.75, 3.05) is 12.8 Å². The van der Waals surface area contributed by atoms with Crippen molar-refractivity contribution >= 4 is 37.4 Å². The fraction of sp³-hybridized carbons (Fsp3) is 0.417. The molecule has 1 aromatic heterocycles. The molecule has 1 fully saturated rings. The quantitative estimate of drug-likeness (QED) is 0.466. The van der Waals surface area contributed by atoms with Gasteiger partial charge in [-0.15, -0.1) is 0 Å². The van der Waals surface area contributed by atoms with Gasteiger partial charge in [0.25, 0.3) is 5.91 Å². The summed E-state index contributed by atoms with van der Waals surface area (Å²) in [5.74, 6) is -1.04. The van der Waals surface area contributed by atoms with Crippen molar-refractivity contribution in [1.82, 2.24) is 14.6 Å². The average Bonchev–Trinajstić information content (AvgIpc) is 2.81. The van der Waals surface area contributed by atoms with Gasteiger partial charge in [-0.3, -0.25) is 9.78 Å². The van der Waals surface area contributed by atoms with Crippen LogP contribution in [0.5, 0.6) is 0 Å². The molecule has 1 aliphatic heterocycles. The lowest BCUT2D eigenvalue weighted by Crippen LogP contribution is -2.56. The lowest BCUT2D eigenvalue weighted by atomic mass is 9.89. The number of sulfonamides is 1. The fourth-order valence-corrected chi connectivity index (χ4v) is 6.73. The second-order valence-electron chi connectivity index (χ2n) is 9.35. The van der Waals surface area contributed by atoms with Gasteiger partial charge in [0.05, 0.1) is 0 Å². The number of pyridine rings is 1. The number of carbonyl (C=O) groups excluding carboxylic acids is 1. The summed E-state index contributed by atoms with van der Waals surface area (Å²) in [5.41, 5.74) is -4.08. The van der Waals surface area contributed by atoms with Crippen molar-refractivity contribution in [3.8, 4) is 11.1 Å². The molecule has 8 nitrogen and oxygen atoms in total. The highest BCUT2D eigenvalue weighted by Crippen LogP contribution is 2.40. The zero-order valence-corrected chi connectivity index (χ0v) is 23.4. The van der Waals surface area contributed by atoms with E-state index in [1.54, 1.807) is 0 Å². The van der Waals surface area contributed by atoms with E-state index in [0.717, 1.165) is 16.0 Å². The smallest absolute Gasteiger partial charge is 0.347 e. The Kier molecular flexibility index (Phi) is 8.85. The van der Waals surface area contributed by atoms with Crippen molar-refractivity contribution in [3.05, 3.63) is 58.7 Å². The average molecular weight is 612 g/mol. The van der Waals surface area contributed by atoms with Crippen LogP contribution in [-0.2, 0) is 30.8 Å². The Morgan fingerprint density at radius 3 is 2.44 bits per heavy atom. The molecule has 1 aliphatic rings.